The summed E-state index contributed by atoms with van der Waals surface area (Å²) in [6.07, 6.45) is 0. The Morgan fingerprint density at radius 3 is 2.88 bits per heavy atom. The molecule has 1 amide bonds. The highest BCUT2D eigenvalue weighted by atomic mass is 35.5. The lowest BCUT2D eigenvalue weighted by Gasteiger charge is -2.05. The molecule has 0 aliphatic rings. The van der Waals surface area contributed by atoms with E-state index in [1.807, 2.05) is 0 Å². The molecule has 10 heteroatoms. The van der Waals surface area contributed by atoms with Gasteiger partial charge in [-0.05, 0) is 43.6 Å². The fourth-order valence-electron chi connectivity index (χ4n) is 2.19. The summed E-state index contributed by atoms with van der Waals surface area (Å²) in [6, 6.07) is 5.28. The van der Waals surface area contributed by atoms with Crippen molar-refractivity contribution in [2.45, 2.75) is 20.4 Å². The Balaban J connectivity index is 2.12. The predicted octanol–water partition coefficient (Wildman–Crippen LogP) is 2.82. The molecule has 0 radical (unpaired) electrons. The van der Waals surface area contributed by atoms with Crippen molar-refractivity contribution in [1.29, 1.82) is 0 Å². The van der Waals surface area contributed by atoms with Gasteiger partial charge in [0.05, 0.1) is 22.5 Å². The Bertz CT molecular complexity index is 1020. The summed E-state index contributed by atoms with van der Waals surface area (Å²) in [4.78, 5) is 29.3. The van der Waals surface area contributed by atoms with Crippen molar-refractivity contribution in [3.05, 3.63) is 38.6 Å². The zero-order chi connectivity index (χ0) is 18.0. The van der Waals surface area contributed by atoms with Gasteiger partial charge in [-0.25, -0.2) is 0 Å². The topological polar surface area (TPSA) is 86.4 Å². The lowest BCUT2D eigenvalue weighted by atomic mass is 10.3. The monoisotopic (exact) mass is 396 g/mol. The van der Waals surface area contributed by atoms with Gasteiger partial charge >= 0.3 is 5.97 Å². The molecule has 0 N–H and O–H groups in total. The lowest BCUT2D eigenvalue weighted by Crippen LogP contribution is -2.23. The maximum Gasteiger partial charge on any atom is 0.326 e. The van der Waals surface area contributed by atoms with Crippen LogP contribution in [0.3, 0.4) is 0 Å². The normalized spacial score (nSPS) is 11.9. The van der Waals surface area contributed by atoms with Crippen molar-refractivity contribution in [3.63, 3.8) is 0 Å². The fourth-order valence-corrected chi connectivity index (χ4v) is 4.03. The van der Waals surface area contributed by atoms with Crippen LogP contribution in [0.25, 0.3) is 10.2 Å². The second kappa shape index (κ2) is 7.42. The molecule has 7 nitrogen and oxygen atoms in total. The van der Waals surface area contributed by atoms with E-state index in [0.717, 1.165) is 21.7 Å². The summed E-state index contributed by atoms with van der Waals surface area (Å²) in [6.45, 7) is 3.68. The first-order valence-corrected chi connectivity index (χ1v) is 9.29. The van der Waals surface area contributed by atoms with Crippen molar-refractivity contribution in [2.24, 2.45) is 4.99 Å². The molecule has 25 heavy (non-hydrogen) atoms. The number of nitrogens with zero attached hydrogens (tertiary/aromatic N) is 4. The Morgan fingerprint density at radius 2 is 2.20 bits per heavy atom. The molecule has 130 valence electrons. The predicted molar refractivity (Wildman–Crippen MR) is 96.0 cm³/mol. The number of ether oxygens (including phenoxy) is 1. The van der Waals surface area contributed by atoms with E-state index in [9.17, 15) is 9.59 Å². The van der Waals surface area contributed by atoms with Gasteiger partial charge < -0.3 is 9.30 Å². The highest BCUT2D eigenvalue weighted by Crippen LogP contribution is 2.22. The van der Waals surface area contributed by atoms with Gasteiger partial charge in [-0.1, -0.05) is 27.4 Å². The Kier molecular flexibility index (Phi) is 5.26. The second-order valence-electron chi connectivity index (χ2n) is 4.99. The minimum atomic E-state index is -0.442. The van der Waals surface area contributed by atoms with Crippen LogP contribution in [0.5, 0.6) is 0 Å². The van der Waals surface area contributed by atoms with Crippen molar-refractivity contribution in [3.8, 4) is 0 Å². The zero-order valence-corrected chi connectivity index (χ0v) is 15.7. The van der Waals surface area contributed by atoms with Crippen LogP contribution in [0, 0.1) is 6.92 Å². The van der Waals surface area contributed by atoms with Gasteiger partial charge in [-0.15, -0.1) is 5.10 Å². The SMILES string of the molecule is CCOC(=O)Cn1c(=NC(=O)c2snnc2C)sc2cc(Cl)ccc21. The number of benzene rings is 1. The highest BCUT2D eigenvalue weighted by Gasteiger charge is 2.15. The van der Waals surface area contributed by atoms with Crippen LogP contribution in [0.2, 0.25) is 5.02 Å². The van der Waals surface area contributed by atoms with E-state index in [0.29, 0.717) is 20.4 Å². The van der Waals surface area contributed by atoms with Crippen LogP contribution < -0.4 is 4.80 Å². The second-order valence-corrected chi connectivity index (χ2v) is 7.19. The summed E-state index contributed by atoms with van der Waals surface area (Å²) >= 11 is 8.31. The summed E-state index contributed by atoms with van der Waals surface area (Å²) in [5.74, 6) is -0.843. The Hall–Kier alpha value is -2.10. The molecule has 0 saturated carbocycles. The molecule has 3 aromatic rings. The number of aryl methyl sites for hydroxylation is 1. The summed E-state index contributed by atoms with van der Waals surface area (Å²) in [5, 5.41) is 4.39. The van der Waals surface area contributed by atoms with Crippen LogP contribution in [0.15, 0.2) is 23.2 Å². The molecule has 0 saturated heterocycles. The van der Waals surface area contributed by atoms with E-state index in [4.69, 9.17) is 16.3 Å². The number of halogens is 1. The third-order valence-electron chi connectivity index (χ3n) is 3.28. The van der Waals surface area contributed by atoms with E-state index in [2.05, 4.69) is 14.6 Å². The number of hydrogen-bond donors (Lipinski definition) is 0. The fraction of sp³-hybridized carbons (Fsp3) is 0.267. The highest BCUT2D eigenvalue weighted by molar-refractivity contribution is 7.16. The van der Waals surface area contributed by atoms with E-state index >= 15 is 0 Å². The first kappa shape index (κ1) is 17.7. The van der Waals surface area contributed by atoms with Gasteiger partial charge in [0.15, 0.2) is 4.80 Å². The van der Waals surface area contributed by atoms with Crippen LogP contribution in [-0.2, 0) is 16.1 Å². The van der Waals surface area contributed by atoms with Crippen molar-refractivity contribution >= 4 is 56.6 Å². The molecule has 0 bridgehead atoms. The van der Waals surface area contributed by atoms with Crippen molar-refractivity contribution in [1.82, 2.24) is 14.2 Å². The van der Waals surface area contributed by atoms with Gasteiger partial charge in [0.1, 0.15) is 11.4 Å². The number of amides is 1. The zero-order valence-electron chi connectivity index (χ0n) is 13.4. The molecular formula is C15H13ClN4O3S2. The molecule has 1 aromatic carbocycles. The quantitative estimate of drug-likeness (QED) is 0.633. The molecule has 3 rings (SSSR count). The van der Waals surface area contributed by atoms with Gasteiger partial charge in [-0.2, -0.15) is 4.99 Å². The first-order valence-electron chi connectivity index (χ1n) is 7.32. The van der Waals surface area contributed by atoms with Crippen LogP contribution >= 0.6 is 34.5 Å². The third kappa shape index (κ3) is 3.78. The largest absolute Gasteiger partial charge is 0.465 e. The van der Waals surface area contributed by atoms with Crippen molar-refractivity contribution < 1.29 is 14.3 Å². The lowest BCUT2D eigenvalue weighted by molar-refractivity contribution is -0.143. The van der Waals surface area contributed by atoms with E-state index < -0.39 is 11.9 Å². The molecule has 0 unspecified atom stereocenters. The molecule has 0 fully saturated rings. The minimum Gasteiger partial charge on any atom is -0.465 e. The Labute approximate surface area is 155 Å². The third-order valence-corrected chi connectivity index (χ3v) is 5.37. The summed E-state index contributed by atoms with van der Waals surface area (Å²) in [7, 11) is 0. The van der Waals surface area contributed by atoms with E-state index in [-0.39, 0.29) is 13.2 Å². The number of carbonyl (C=O) groups is 2. The average molecular weight is 397 g/mol. The maximum absolute atomic E-state index is 12.4. The number of thiazole rings is 1. The molecule has 0 atom stereocenters. The average Bonchev–Trinajstić information content (AvgIpc) is 3.11. The molecule has 2 heterocycles. The van der Waals surface area contributed by atoms with E-state index in [1.54, 1.807) is 36.6 Å². The number of carbonyl (C=O) groups excluding carboxylic acids is 2. The smallest absolute Gasteiger partial charge is 0.326 e. The van der Waals surface area contributed by atoms with Gasteiger partial charge in [0.2, 0.25) is 0 Å². The standard InChI is InChI=1S/C15H13ClN4O3S2/c1-3-23-12(21)7-20-10-5-4-9(16)6-11(10)24-15(20)17-14(22)13-8(2)18-19-25-13/h4-6H,3,7H2,1-2H3. The first-order chi connectivity index (χ1) is 12.0. The number of fused-ring (bicyclic) bond motifs is 1. The minimum absolute atomic E-state index is 0.0402. The molecule has 0 spiro atoms. The van der Waals surface area contributed by atoms with Gasteiger partial charge in [0, 0.05) is 5.02 Å². The van der Waals surface area contributed by atoms with Crippen LogP contribution in [0.1, 0.15) is 22.3 Å². The number of esters is 1. The molecule has 0 aliphatic heterocycles. The van der Waals surface area contributed by atoms with Gasteiger partial charge in [0.25, 0.3) is 5.91 Å². The maximum atomic E-state index is 12.4. The molecule has 0 aliphatic carbocycles. The molecular weight excluding hydrogens is 384 g/mol. The van der Waals surface area contributed by atoms with Crippen LogP contribution in [-0.4, -0.2) is 32.6 Å². The number of hydrogen-bond acceptors (Lipinski definition) is 7. The van der Waals surface area contributed by atoms with Crippen LogP contribution in [0.4, 0.5) is 0 Å². The number of rotatable bonds is 4. The summed E-state index contributed by atoms with van der Waals surface area (Å²) in [5.41, 5.74) is 1.29. The summed E-state index contributed by atoms with van der Waals surface area (Å²) < 4.78 is 11.2. The van der Waals surface area contributed by atoms with Crippen molar-refractivity contribution in [2.75, 3.05) is 6.61 Å². The Morgan fingerprint density at radius 1 is 1.40 bits per heavy atom. The molecule has 2 aromatic heterocycles. The number of aromatic nitrogens is 3. The van der Waals surface area contributed by atoms with E-state index in [1.165, 1.54) is 11.3 Å². The van der Waals surface area contributed by atoms with Gasteiger partial charge in [-0.3, -0.25) is 9.59 Å².